The monoisotopic (exact) mass is 378 g/mol. The van der Waals surface area contributed by atoms with E-state index in [1.54, 1.807) is 0 Å². The molecular formula is C20H24Cl2N2O. The van der Waals surface area contributed by atoms with E-state index in [-0.39, 0.29) is 12.4 Å². The fraction of sp³-hybridized carbons (Fsp3) is 0.350. The van der Waals surface area contributed by atoms with Gasteiger partial charge in [-0.25, -0.2) is 4.98 Å². The van der Waals surface area contributed by atoms with Crippen molar-refractivity contribution in [2.24, 2.45) is 5.92 Å². The number of aryl methyl sites for hydroxylation is 1. The smallest absolute Gasteiger partial charge is 0.238 e. The zero-order valence-corrected chi connectivity index (χ0v) is 16.6. The molecule has 3 aromatic rings. The molecule has 5 heteroatoms. The Morgan fingerprint density at radius 1 is 1.20 bits per heavy atom. The molecule has 0 unspecified atom stereocenters. The Kier molecular flexibility index (Phi) is 6.36. The normalized spacial score (nSPS) is 11.0. The molecule has 0 aliphatic rings. The van der Waals surface area contributed by atoms with E-state index in [0.29, 0.717) is 18.4 Å². The second kappa shape index (κ2) is 8.11. The number of fused-ring (bicyclic) bond motifs is 1. The van der Waals surface area contributed by atoms with Crippen molar-refractivity contribution in [3.8, 4) is 5.88 Å². The molecule has 134 valence electrons. The van der Waals surface area contributed by atoms with Crippen LogP contribution in [0.15, 0.2) is 36.5 Å². The maximum Gasteiger partial charge on any atom is 0.238 e. The fourth-order valence-electron chi connectivity index (χ4n) is 3.04. The Morgan fingerprint density at radius 3 is 2.64 bits per heavy atom. The summed E-state index contributed by atoms with van der Waals surface area (Å²) in [5, 5.41) is 1.93. The Hall–Kier alpha value is -1.71. The van der Waals surface area contributed by atoms with Crippen molar-refractivity contribution in [1.29, 1.82) is 0 Å². The highest BCUT2D eigenvalue weighted by molar-refractivity contribution is 6.30. The molecule has 0 N–H and O–H groups in total. The van der Waals surface area contributed by atoms with Crippen molar-refractivity contribution < 1.29 is 4.74 Å². The summed E-state index contributed by atoms with van der Waals surface area (Å²) in [5.41, 5.74) is 4.69. The van der Waals surface area contributed by atoms with Gasteiger partial charge < -0.3 is 9.30 Å². The minimum atomic E-state index is 0. The van der Waals surface area contributed by atoms with E-state index in [2.05, 4.69) is 43.3 Å². The summed E-state index contributed by atoms with van der Waals surface area (Å²) >= 11 is 6.05. The standard InChI is InChI=1S/C20H23ClN2O.ClH/c1-13(2)11-23-15(4)14(3)18-8-9-22-20(19(18)23)24-12-16-6-5-7-17(21)10-16;/h5-10,13H,11-12H2,1-4H3;1H. The largest absolute Gasteiger partial charge is 0.471 e. The van der Waals surface area contributed by atoms with Gasteiger partial charge in [-0.2, -0.15) is 0 Å². The fourth-order valence-corrected chi connectivity index (χ4v) is 3.25. The second-order valence-corrected chi connectivity index (χ2v) is 7.08. The van der Waals surface area contributed by atoms with E-state index in [0.717, 1.165) is 22.6 Å². The van der Waals surface area contributed by atoms with Crippen molar-refractivity contribution in [1.82, 2.24) is 9.55 Å². The number of halogens is 2. The highest BCUT2D eigenvalue weighted by atomic mass is 35.5. The number of aromatic nitrogens is 2. The first-order valence-corrected chi connectivity index (χ1v) is 8.66. The minimum Gasteiger partial charge on any atom is -0.471 e. The molecule has 0 aliphatic carbocycles. The third kappa shape index (κ3) is 4.10. The number of hydrogen-bond donors (Lipinski definition) is 0. The Bertz CT molecular complexity index is 872. The molecule has 1 aromatic carbocycles. The van der Waals surface area contributed by atoms with Crippen LogP contribution >= 0.6 is 24.0 Å². The lowest BCUT2D eigenvalue weighted by Gasteiger charge is -2.14. The van der Waals surface area contributed by atoms with Crippen molar-refractivity contribution >= 4 is 34.9 Å². The zero-order chi connectivity index (χ0) is 17.3. The first-order valence-electron chi connectivity index (χ1n) is 8.29. The van der Waals surface area contributed by atoms with Crippen LogP contribution in [-0.4, -0.2) is 9.55 Å². The molecule has 2 heterocycles. The van der Waals surface area contributed by atoms with Crippen LogP contribution in [0.3, 0.4) is 0 Å². The van der Waals surface area contributed by atoms with E-state index in [9.17, 15) is 0 Å². The lowest BCUT2D eigenvalue weighted by atomic mass is 10.2. The first-order chi connectivity index (χ1) is 11.5. The van der Waals surface area contributed by atoms with Crippen molar-refractivity contribution in [3.05, 3.63) is 58.4 Å². The lowest BCUT2D eigenvalue weighted by molar-refractivity contribution is 0.296. The zero-order valence-electron chi connectivity index (χ0n) is 15.0. The second-order valence-electron chi connectivity index (χ2n) is 6.65. The quantitative estimate of drug-likeness (QED) is 0.547. The lowest BCUT2D eigenvalue weighted by Crippen LogP contribution is -2.08. The molecule has 3 nitrogen and oxygen atoms in total. The molecule has 0 spiro atoms. The molecule has 0 saturated heterocycles. The maximum atomic E-state index is 6.06. The Morgan fingerprint density at radius 2 is 1.96 bits per heavy atom. The van der Waals surface area contributed by atoms with E-state index in [1.807, 2.05) is 30.5 Å². The first kappa shape index (κ1) is 19.6. The van der Waals surface area contributed by atoms with Gasteiger partial charge in [-0.3, -0.25) is 0 Å². The molecule has 3 rings (SSSR count). The van der Waals surface area contributed by atoms with Gasteiger partial charge in [-0.15, -0.1) is 12.4 Å². The van der Waals surface area contributed by atoms with Gasteiger partial charge in [0.1, 0.15) is 12.1 Å². The summed E-state index contributed by atoms with van der Waals surface area (Å²) in [5.74, 6) is 1.24. The SMILES string of the molecule is Cc1c(C)n(CC(C)C)c2c(OCc3cccc(Cl)c3)nccc12.Cl. The minimum absolute atomic E-state index is 0. The number of pyridine rings is 1. The topological polar surface area (TPSA) is 27.1 Å². The molecule has 0 saturated carbocycles. The summed E-state index contributed by atoms with van der Waals surface area (Å²) in [7, 11) is 0. The average Bonchev–Trinajstić information content (AvgIpc) is 2.78. The third-order valence-electron chi connectivity index (χ3n) is 4.32. The Balaban J connectivity index is 0.00000225. The van der Waals surface area contributed by atoms with Gasteiger partial charge >= 0.3 is 0 Å². The van der Waals surface area contributed by atoms with Crippen LogP contribution in [0.25, 0.3) is 10.9 Å². The molecule has 0 fully saturated rings. The molecule has 0 amide bonds. The van der Waals surface area contributed by atoms with Crippen molar-refractivity contribution in [3.63, 3.8) is 0 Å². The van der Waals surface area contributed by atoms with Gasteiger partial charge in [-0.05, 0) is 49.1 Å². The van der Waals surface area contributed by atoms with Crippen LogP contribution in [0.2, 0.25) is 5.02 Å². The number of benzene rings is 1. The van der Waals surface area contributed by atoms with Gasteiger partial charge in [0, 0.05) is 28.8 Å². The molecule has 0 atom stereocenters. The summed E-state index contributed by atoms with van der Waals surface area (Å²) in [6, 6.07) is 9.80. The molecule has 2 aromatic heterocycles. The molecule has 0 bridgehead atoms. The van der Waals surface area contributed by atoms with Crippen LogP contribution in [0.4, 0.5) is 0 Å². The van der Waals surface area contributed by atoms with Gasteiger partial charge in [0.05, 0.1) is 0 Å². The van der Waals surface area contributed by atoms with Crippen LogP contribution < -0.4 is 4.74 Å². The van der Waals surface area contributed by atoms with E-state index < -0.39 is 0 Å². The van der Waals surface area contributed by atoms with Gasteiger partial charge in [0.15, 0.2) is 0 Å². The number of rotatable bonds is 5. The highest BCUT2D eigenvalue weighted by Crippen LogP contribution is 2.32. The van der Waals surface area contributed by atoms with Gasteiger partial charge in [-0.1, -0.05) is 37.6 Å². The van der Waals surface area contributed by atoms with Crippen molar-refractivity contribution in [2.45, 2.75) is 40.8 Å². The van der Waals surface area contributed by atoms with E-state index >= 15 is 0 Å². The van der Waals surface area contributed by atoms with Crippen LogP contribution in [-0.2, 0) is 13.2 Å². The van der Waals surface area contributed by atoms with Crippen molar-refractivity contribution in [2.75, 3.05) is 0 Å². The number of hydrogen-bond acceptors (Lipinski definition) is 2. The maximum absolute atomic E-state index is 6.06. The Labute approximate surface area is 160 Å². The third-order valence-corrected chi connectivity index (χ3v) is 4.56. The van der Waals surface area contributed by atoms with Crippen LogP contribution in [0.5, 0.6) is 5.88 Å². The van der Waals surface area contributed by atoms with E-state index in [4.69, 9.17) is 16.3 Å². The van der Waals surface area contributed by atoms with Crippen LogP contribution in [0.1, 0.15) is 30.7 Å². The molecular weight excluding hydrogens is 355 g/mol. The predicted octanol–water partition coefficient (Wildman–Crippen LogP) is 5.96. The van der Waals surface area contributed by atoms with E-state index in [1.165, 1.54) is 16.6 Å². The summed E-state index contributed by atoms with van der Waals surface area (Å²) in [6.45, 7) is 10.2. The van der Waals surface area contributed by atoms with Crippen LogP contribution in [0, 0.1) is 19.8 Å². The molecule has 0 aliphatic heterocycles. The molecule has 0 radical (unpaired) electrons. The summed E-state index contributed by atoms with van der Waals surface area (Å²) < 4.78 is 8.39. The number of ether oxygens (including phenoxy) is 1. The van der Waals surface area contributed by atoms with Gasteiger partial charge in [0.25, 0.3) is 0 Å². The highest BCUT2D eigenvalue weighted by Gasteiger charge is 2.17. The summed E-state index contributed by atoms with van der Waals surface area (Å²) in [4.78, 5) is 4.49. The summed E-state index contributed by atoms with van der Waals surface area (Å²) in [6.07, 6.45) is 1.82. The average molecular weight is 379 g/mol. The van der Waals surface area contributed by atoms with Gasteiger partial charge in [0.2, 0.25) is 5.88 Å². The molecule has 25 heavy (non-hydrogen) atoms. The predicted molar refractivity (Wildman–Crippen MR) is 107 cm³/mol. The number of nitrogens with zero attached hydrogens (tertiary/aromatic N) is 2.